The SMILES string of the molecule is CC(C)(C)c1ccc(CNC(=S)NCc2ccc(O)cc2F)cc1. The van der Waals surface area contributed by atoms with Crippen molar-refractivity contribution in [1.82, 2.24) is 10.6 Å². The fraction of sp³-hybridized carbons (Fsp3) is 0.316. The number of phenols is 1. The summed E-state index contributed by atoms with van der Waals surface area (Å²) < 4.78 is 13.6. The van der Waals surface area contributed by atoms with Crippen LogP contribution in [0.25, 0.3) is 0 Å². The van der Waals surface area contributed by atoms with Gasteiger partial charge >= 0.3 is 0 Å². The number of hydrogen-bond donors (Lipinski definition) is 3. The van der Waals surface area contributed by atoms with Crippen LogP contribution < -0.4 is 10.6 Å². The molecule has 2 aromatic rings. The predicted octanol–water partition coefficient (Wildman–Crippen LogP) is 3.99. The maximum Gasteiger partial charge on any atom is 0.166 e. The van der Waals surface area contributed by atoms with Crippen LogP contribution in [0.5, 0.6) is 5.75 Å². The highest BCUT2D eigenvalue weighted by Gasteiger charge is 2.12. The number of halogens is 1. The van der Waals surface area contributed by atoms with Gasteiger partial charge in [-0.15, -0.1) is 0 Å². The predicted molar refractivity (Wildman–Crippen MR) is 99.5 cm³/mol. The second-order valence-electron chi connectivity index (χ2n) is 6.76. The Morgan fingerprint density at radius 1 is 1.04 bits per heavy atom. The molecule has 0 aliphatic rings. The number of rotatable bonds is 4. The molecule has 5 heteroatoms. The van der Waals surface area contributed by atoms with Crippen LogP contribution in [0.1, 0.15) is 37.5 Å². The fourth-order valence-corrected chi connectivity index (χ4v) is 2.37. The molecule has 0 aliphatic heterocycles. The van der Waals surface area contributed by atoms with Crippen molar-refractivity contribution >= 4 is 17.3 Å². The molecule has 3 N–H and O–H groups in total. The van der Waals surface area contributed by atoms with E-state index in [-0.39, 0.29) is 17.7 Å². The maximum atomic E-state index is 13.6. The Hall–Kier alpha value is -2.14. The van der Waals surface area contributed by atoms with Crippen molar-refractivity contribution in [1.29, 1.82) is 0 Å². The minimum absolute atomic E-state index is 0.0874. The maximum absolute atomic E-state index is 13.6. The van der Waals surface area contributed by atoms with Gasteiger partial charge in [0.05, 0.1) is 0 Å². The molecule has 0 fully saturated rings. The molecule has 0 heterocycles. The first-order valence-electron chi connectivity index (χ1n) is 7.84. The fourth-order valence-electron chi connectivity index (χ4n) is 2.22. The van der Waals surface area contributed by atoms with Crippen LogP contribution in [0.15, 0.2) is 42.5 Å². The second kappa shape index (κ2) is 7.62. The summed E-state index contributed by atoms with van der Waals surface area (Å²) in [7, 11) is 0. The molecule has 0 saturated carbocycles. The van der Waals surface area contributed by atoms with Crippen LogP contribution in [0.2, 0.25) is 0 Å². The molecule has 0 radical (unpaired) electrons. The highest BCUT2D eigenvalue weighted by molar-refractivity contribution is 7.80. The molecule has 3 nitrogen and oxygen atoms in total. The van der Waals surface area contributed by atoms with Gasteiger partial charge in [-0.05, 0) is 34.8 Å². The molecule has 2 aromatic carbocycles. The van der Waals surface area contributed by atoms with Gasteiger partial charge in [-0.2, -0.15) is 0 Å². The van der Waals surface area contributed by atoms with E-state index in [4.69, 9.17) is 12.2 Å². The molecular formula is C19H23FN2OS. The normalized spacial score (nSPS) is 11.2. The Bertz CT molecular complexity index is 708. The highest BCUT2D eigenvalue weighted by atomic mass is 32.1. The lowest BCUT2D eigenvalue weighted by Crippen LogP contribution is -2.34. The van der Waals surface area contributed by atoms with E-state index in [0.29, 0.717) is 17.2 Å². The van der Waals surface area contributed by atoms with E-state index < -0.39 is 5.82 Å². The van der Waals surface area contributed by atoms with Crippen molar-refractivity contribution < 1.29 is 9.50 Å². The van der Waals surface area contributed by atoms with Gasteiger partial charge in [-0.3, -0.25) is 0 Å². The number of benzene rings is 2. The first-order valence-corrected chi connectivity index (χ1v) is 8.25. The van der Waals surface area contributed by atoms with E-state index in [1.54, 1.807) is 0 Å². The van der Waals surface area contributed by atoms with Crippen molar-refractivity contribution in [3.05, 3.63) is 65.0 Å². The van der Waals surface area contributed by atoms with Crippen molar-refractivity contribution in [3.8, 4) is 5.75 Å². The number of thiocarbonyl (C=S) groups is 1. The van der Waals surface area contributed by atoms with Gasteiger partial charge in [0.2, 0.25) is 0 Å². The van der Waals surface area contributed by atoms with Crippen LogP contribution in [0.3, 0.4) is 0 Å². The summed E-state index contributed by atoms with van der Waals surface area (Å²) in [5.41, 5.74) is 3.00. The molecule has 128 valence electrons. The number of nitrogens with one attached hydrogen (secondary N) is 2. The third-order valence-electron chi connectivity index (χ3n) is 3.75. The third-order valence-corrected chi connectivity index (χ3v) is 4.04. The van der Waals surface area contributed by atoms with Crippen LogP contribution in [0.4, 0.5) is 4.39 Å². The summed E-state index contributed by atoms with van der Waals surface area (Å²) in [5, 5.41) is 15.7. The molecule has 24 heavy (non-hydrogen) atoms. The molecular weight excluding hydrogens is 323 g/mol. The van der Waals surface area contributed by atoms with E-state index in [1.807, 2.05) is 0 Å². The standard InChI is InChI=1S/C19H23FN2OS/c1-19(2,3)15-7-4-13(5-8-15)11-21-18(24)22-12-14-6-9-16(23)10-17(14)20/h4-10,23H,11-12H2,1-3H3,(H2,21,22,24). The Labute approximate surface area is 147 Å². The smallest absolute Gasteiger partial charge is 0.166 e. The van der Waals surface area contributed by atoms with Gasteiger partial charge in [-0.1, -0.05) is 51.1 Å². The molecule has 0 atom stereocenters. The van der Waals surface area contributed by atoms with E-state index in [0.717, 1.165) is 11.6 Å². The molecule has 0 aromatic heterocycles. The first kappa shape index (κ1) is 18.2. The summed E-state index contributed by atoms with van der Waals surface area (Å²) in [4.78, 5) is 0. The van der Waals surface area contributed by atoms with Gasteiger partial charge in [0.15, 0.2) is 5.11 Å². The Balaban J connectivity index is 1.83. The minimum Gasteiger partial charge on any atom is -0.508 e. The van der Waals surface area contributed by atoms with Gasteiger partial charge < -0.3 is 15.7 Å². The van der Waals surface area contributed by atoms with Crippen molar-refractivity contribution in [2.24, 2.45) is 0 Å². The Morgan fingerprint density at radius 3 is 2.25 bits per heavy atom. The van der Waals surface area contributed by atoms with Gasteiger partial charge in [0.1, 0.15) is 11.6 Å². The summed E-state index contributed by atoms with van der Waals surface area (Å²) in [6, 6.07) is 12.5. The third kappa shape index (κ3) is 5.20. The topological polar surface area (TPSA) is 44.3 Å². The van der Waals surface area contributed by atoms with Crippen LogP contribution >= 0.6 is 12.2 Å². The van der Waals surface area contributed by atoms with Crippen LogP contribution in [0, 0.1) is 5.82 Å². The minimum atomic E-state index is -0.455. The van der Waals surface area contributed by atoms with Crippen LogP contribution in [-0.4, -0.2) is 10.2 Å². The first-order chi connectivity index (χ1) is 11.3. The lowest BCUT2D eigenvalue weighted by Gasteiger charge is -2.19. The van der Waals surface area contributed by atoms with Gasteiger partial charge in [-0.25, -0.2) is 4.39 Å². The lowest BCUT2D eigenvalue weighted by atomic mass is 9.87. The van der Waals surface area contributed by atoms with E-state index in [2.05, 4.69) is 55.7 Å². The number of hydrogen-bond acceptors (Lipinski definition) is 2. The second-order valence-corrected chi connectivity index (χ2v) is 7.17. The summed E-state index contributed by atoms with van der Waals surface area (Å²) in [5.74, 6) is -0.543. The zero-order chi connectivity index (χ0) is 17.7. The molecule has 0 aliphatic carbocycles. The van der Waals surface area contributed by atoms with E-state index >= 15 is 0 Å². The highest BCUT2D eigenvalue weighted by Crippen LogP contribution is 2.22. The Morgan fingerprint density at radius 2 is 1.67 bits per heavy atom. The molecule has 0 bridgehead atoms. The van der Waals surface area contributed by atoms with E-state index in [9.17, 15) is 9.50 Å². The largest absolute Gasteiger partial charge is 0.508 e. The quantitative estimate of drug-likeness (QED) is 0.733. The lowest BCUT2D eigenvalue weighted by molar-refractivity contribution is 0.467. The number of phenolic OH excluding ortho intramolecular Hbond substituents is 1. The summed E-state index contributed by atoms with van der Waals surface area (Å²) >= 11 is 5.21. The summed E-state index contributed by atoms with van der Waals surface area (Å²) in [6.45, 7) is 7.42. The van der Waals surface area contributed by atoms with Gasteiger partial charge in [0, 0.05) is 24.7 Å². The van der Waals surface area contributed by atoms with Crippen molar-refractivity contribution in [2.75, 3.05) is 0 Å². The average molecular weight is 346 g/mol. The van der Waals surface area contributed by atoms with Crippen LogP contribution in [-0.2, 0) is 18.5 Å². The van der Waals surface area contributed by atoms with Crippen molar-refractivity contribution in [2.45, 2.75) is 39.3 Å². The molecule has 0 unspecified atom stereocenters. The zero-order valence-electron chi connectivity index (χ0n) is 14.2. The number of aromatic hydroxyl groups is 1. The van der Waals surface area contributed by atoms with Gasteiger partial charge in [0.25, 0.3) is 0 Å². The summed E-state index contributed by atoms with van der Waals surface area (Å²) in [6.07, 6.45) is 0. The monoisotopic (exact) mass is 346 g/mol. The Kier molecular flexibility index (Phi) is 5.78. The average Bonchev–Trinajstić information content (AvgIpc) is 2.51. The van der Waals surface area contributed by atoms with Crippen molar-refractivity contribution in [3.63, 3.8) is 0 Å². The zero-order valence-corrected chi connectivity index (χ0v) is 15.0. The van der Waals surface area contributed by atoms with E-state index in [1.165, 1.54) is 17.7 Å². The molecule has 0 saturated heterocycles. The molecule has 0 spiro atoms. The molecule has 0 amide bonds. The molecule has 2 rings (SSSR count).